The van der Waals surface area contributed by atoms with Crippen LogP contribution in [0.1, 0.15) is 26.3 Å². The second-order valence-corrected chi connectivity index (χ2v) is 10.6. The first-order valence-electron chi connectivity index (χ1n) is 9.37. The Balaban J connectivity index is 1.73. The maximum absolute atomic E-state index is 13.0. The normalized spacial score (nSPS) is 12.3. The van der Waals surface area contributed by atoms with Gasteiger partial charge in [-0.1, -0.05) is 32.9 Å². The van der Waals surface area contributed by atoms with Crippen molar-refractivity contribution in [2.45, 2.75) is 31.1 Å². The summed E-state index contributed by atoms with van der Waals surface area (Å²) in [6.07, 6.45) is 3.41. The second kappa shape index (κ2) is 7.52. The van der Waals surface area contributed by atoms with Crippen LogP contribution in [0.5, 0.6) is 0 Å². The first-order chi connectivity index (χ1) is 14.1. The number of sulfonamides is 1. The number of hydrogen-bond donors (Lipinski definition) is 1. The average molecular weight is 485 g/mol. The second-order valence-electron chi connectivity index (χ2n) is 8.01. The molecule has 0 fully saturated rings. The van der Waals surface area contributed by atoms with Crippen LogP contribution in [0.4, 0.5) is 5.82 Å². The summed E-state index contributed by atoms with van der Waals surface area (Å²) in [4.78, 5) is 4.33. The molecule has 0 bridgehead atoms. The fraction of sp³-hybridized carbons (Fsp3) is 0.182. The maximum atomic E-state index is 13.0. The summed E-state index contributed by atoms with van der Waals surface area (Å²) in [5.74, 6) is 0.350. The summed E-state index contributed by atoms with van der Waals surface area (Å²) in [6.45, 7) is 6.26. The van der Waals surface area contributed by atoms with Crippen LogP contribution in [0.25, 0.3) is 16.8 Å². The molecule has 0 saturated carbocycles. The molecule has 1 aromatic carbocycles. The van der Waals surface area contributed by atoms with Gasteiger partial charge in [-0.05, 0) is 69.4 Å². The molecule has 4 aromatic rings. The minimum absolute atomic E-state index is 0.0503. The van der Waals surface area contributed by atoms with Crippen molar-refractivity contribution in [2.75, 3.05) is 4.72 Å². The van der Waals surface area contributed by atoms with E-state index >= 15 is 0 Å². The summed E-state index contributed by atoms with van der Waals surface area (Å²) < 4.78 is 31.0. The summed E-state index contributed by atoms with van der Waals surface area (Å²) in [6, 6.07) is 16.1. The number of pyridine rings is 2. The summed E-state index contributed by atoms with van der Waals surface area (Å²) >= 11 is 3.51. The van der Waals surface area contributed by atoms with Crippen LogP contribution in [-0.2, 0) is 15.4 Å². The van der Waals surface area contributed by atoms with Gasteiger partial charge in [0.1, 0.15) is 5.82 Å². The number of rotatable bonds is 4. The third kappa shape index (κ3) is 3.97. The van der Waals surface area contributed by atoms with Gasteiger partial charge in [-0.25, -0.2) is 12.9 Å². The number of fused-ring (bicyclic) bond motifs is 1. The van der Waals surface area contributed by atoms with Crippen molar-refractivity contribution >= 4 is 37.3 Å². The van der Waals surface area contributed by atoms with Gasteiger partial charge in [0, 0.05) is 22.4 Å². The Labute approximate surface area is 184 Å². The van der Waals surface area contributed by atoms with E-state index in [4.69, 9.17) is 0 Å². The van der Waals surface area contributed by atoms with E-state index < -0.39 is 10.0 Å². The van der Waals surface area contributed by atoms with E-state index in [1.807, 2.05) is 30.3 Å². The Bertz CT molecular complexity index is 1310. The number of nitrogens with zero attached hydrogens (tertiary/aromatic N) is 3. The standard InChI is InChI=1S/C22H21BrN4O2S/c1-22(2,3)16-6-8-17(9-7-16)30(28,29)26-21-11-10-18(23)20-13-19(25-27(20)21)15-5-4-12-24-14-15/h4-14,26H,1-3H3. The zero-order chi connectivity index (χ0) is 21.5. The quantitative estimate of drug-likeness (QED) is 0.428. The highest BCUT2D eigenvalue weighted by Gasteiger charge is 2.20. The van der Waals surface area contributed by atoms with Crippen molar-refractivity contribution < 1.29 is 8.42 Å². The van der Waals surface area contributed by atoms with Gasteiger partial charge in [0.2, 0.25) is 0 Å². The van der Waals surface area contributed by atoms with Crippen molar-refractivity contribution in [2.24, 2.45) is 0 Å². The van der Waals surface area contributed by atoms with Gasteiger partial charge in [0.05, 0.1) is 16.1 Å². The maximum Gasteiger partial charge on any atom is 0.263 e. The van der Waals surface area contributed by atoms with Crippen molar-refractivity contribution in [1.82, 2.24) is 14.6 Å². The fourth-order valence-electron chi connectivity index (χ4n) is 3.11. The highest BCUT2D eigenvalue weighted by Crippen LogP contribution is 2.29. The van der Waals surface area contributed by atoms with Gasteiger partial charge >= 0.3 is 0 Å². The van der Waals surface area contributed by atoms with Crippen LogP contribution in [0, 0.1) is 0 Å². The molecule has 0 radical (unpaired) electrons. The van der Waals surface area contributed by atoms with Gasteiger partial charge in [-0.15, -0.1) is 0 Å². The van der Waals surface area contributed by atoms with Crippen LogP contribution in [0.3, 0.4) is 0 Å². The molecule has 0 atom stereocenters. The smallest absolute Gasteiger partial charge is 0.263 e. The van der Waals surface area contributed by atoms with E-state index in [2.05, 4.69) is 51.5 Å². The van der Waals surface area contributed by atoms with Crippen LogP contribution < -0.4 is 4.72 Å². The molecule has 0 aliphatic carbocycles. The lowest BCUT2D eigenvalue weighted by Crippen LogP contribution is -2.16. The molecule has 1 N–H and O–H groups in total. The largest absolute Gasteiger partial charge is 0.264 e. The Morgan fingerprint density at radius 3 is 2.40 bits per heavy atom. The number of nitrogens with one attached hydrogen (secondary N) is 1. The number of aromatic nitrogens is 3. The molecule has 0 aliphatic heterocycles. The van der Waals surface area contributed by atoms with Crippen LogP contribution in [0.2, 0.25) is 0 Å². The zero-order valence-electron chi connectivity index (χ0n) is 16.8. The fourth-order valence-corrected chi connectivity index (χ4v) is 4.56. The molecule has 0 saturated heterocycles. The lowest BCUT2D eigenvalue weighted by molar-refractivity contribution is 0.587. The molecule has 8 heteroatoms. The highest BCUT2D eigenvalue weighted by atomic mass is 79.9. The summed E-state index contributed by atoms with van der Waals surface area (Å²) in [5.41, 5.74) is 3.31. The predicted molar refractivity (Wildman–Crippen MR) is 122 cm³/mol. The molecule has 3 heterocycles. The number of halogens is 1. The minimum atomic E-state index is -3.77. The van der Waals surface area contributed by atoms with Crippen LogP contribution in [-0.4, -0.2) is 23.0 Å². The zero-order valence-corrected chi connectivity index (χ0v) is 19.2. The van der Waals surface area contributed by atoms with Gasteiger partial charge in [-0.3, -0.25) is 9.71 Å². The Morgan fingerprint density at radius 2 is 1.77 bits per heavy atom. The van der Waals surface area contributed by atoms with Gasteiger partial charge in [0.25, 0.3) is 10.0 Å². The molecule has 30 heavy (non-hydrogen) atoms. The summed E-state index contributed by atoms with van der Waals surface area (Å²) in [7, 11) is -3.77. The van der Waals surface area contributed by atoms with Crippen molar-refractivity contribution in [3.63, 3.8) is 0 Å². The SMILES string of the molecule is CC(C)(C)c1ccc(S(=O)(=O)Nc2ccc(Br)c3cc(-c4cccnc4)nn23)cc1. The lowest BCUT2D eigenvalue weighted by Gasteiger charge is -2.19. The van der Waals surface area contributed by atoms with E-state index in [-0.39, 0.29) is 10.3 Å². The third-order valence-electron chi connectivity index (χ3n) is 4.80. The van der Waals surface area contributed by atoms with E-state index in [1.165, 1.54) is 0 Å². The van der Waals surface area contributed by atoms with Gasteiger partial charge in [-0.2, -0.15) is 5.10 Å². The van der Waals surface area contributed by atoms with Gasteiger partial charge in [0.15, 0.2) is 0 Å². The molecule has 154 valence electrons. The van der Waals surface area contributed by atoms with E-state index in [9.17, 15) is 8.42 Å². The highest BCUT2D eigenvalue weighted by molar-refractivity contribution is 9.10. The Morgan fingerprint density at radius 1 is 1.03 bits per heavy atom. The predicted octanol–water partition coefficient (Wildman–Crippen LogP) is 5.26. The molecule has 4 rings (SSSR count). The van der Waals surface area contributed by atoms with Crippen molar-refractivity contribution in [3.05, 3.63) is 77.0 Å². The Hall–Kier alpha value is -2.71. The molecule has 0 spiro atoms. The van der Waals surface area contributed by atoms with E-state index in [1.54, 1.807) is 41.2 Å². The molecular formula is C22H21BrN4O2S. The van der Waals surface area contributed by atoms with Crippen molar-refractivity contribution in [3.8, 4) is 11.3 Å². The monoisotopic (exact) mass is 484 g/mol. The van der Waals surface area contributed by atoms with Crippen LogP contribution >= 0.6 is 15.9 Å². The van der Waals surface area contributed by atoms with E-state index in [0.29, 0.717) is 11.5 Å². The molecular weight excluding hydrogens is 464 g/mol. The topological polar surface area (TPSA) is 76.4 Å². The molecule has 0 unspecified atom stereocenters. The lowest BCUT2D eigenvalue weighted by atomic mass is 9.87. The van der Waals surface area contributed by atoms with Crippen molar-refractivity contribution in [1.29, 1.82) is 0 Å². The number of anilines is 1. The molecule has 3 aromatic heterocycles. The van der Waals surface area contributed by atoms with E-state index in [0.717, 1.165) is 21.1 Å². The van der Waals surface area contributed by atoms with Crippen LogP contribution in [0.15, 0.2) is 76.4 Å². The average Bonchev–Trinajstić information content (AvgIpc) is 3.17. The first kappa shape index (κ1) is 20.6. The minimum Gasteiger partial charge on any atom is -0.264 e. The third-order valence-corrected chi connectivity index (χ3v) is 6.84. The Kier molecular flexibility index (Phi) is 5.15. The molecule has 0 amide bonds. The summed E-state index contributed by atoms with van der Waals surface area (Å²) in [5, 5.41) is 4.59. The first-order valence-corrected chi connectivity index (χ1v) is 11.6. The molecule has 0 aliphatic rings. The molecule has 6 nitrogen and oxygen atoms in total. The van der Waals surface area contributed by atoms with Gasteiger partial charge < -0.3 is 0 Å². The number of hydrogen-bond acceptors (Lipinski definition) is 4. The number of benzene rings is 1.